The molecule has 1 N–H and O–H groups in total. The number of nitrogens with zero attached hydrogens (tertiary/aromatic N) is 1. The molecule has 0 bridgehead atoms. The summed E-state index contributed by atoms with van der Waals surface area (Å²) in [7, 11) is -3.41. The monoisotopic (exact) mass is 312 g/mol. The predicted octanol–water partition coefficient (Wildman–Crippen LogP) is 2.07. The van der Waals surface area contributed by atoms with Crippen LogP contribution in [0.3, 0.4) is 0 Å². The lowest BCUT2D eigenvalue weighted by Crippen LogP contribution is -2.37. The van der Waals surface area contributed by atoms with Crippen molar-refractivity contribution in [2.75, 3.05) is 17.1 Å². The molecular weight excluding hydrogens is 288 g/mol. The van der Waals surface area contributed by atoms with Gasteiger partial charge in [0.25, 0.3) is 0 Å². The fraction of sp³-hybridized carbons (Fsp3) is 0.533. The van der Waals surface area contributed by atoms with E-state index in [0.29, 0.717) is 5.69 Å². The third-order valence-corrected chi connectivity index (χ3v) is 4.48. The van der Waals surface area contributed by atoms with Crippen LogP contribution < -0.4 is 9.62 Å². The summed E-state index contributed by atoms with van der Waals surface area (Å²) >= 11 is 0. The molecule has 1 unspecified atom stereocenters. The topological polar surface area (TPSA) is 66.5 Å². The Hall–Kier alpha value is -1.56. The average Bonchev–Trinajstić information content (AvgIpc) is 2.39. The molecule has 5 nitrogen and oxygen atoms in total. The second-order valence-electron chi connectivity index (χ2n) is 5.30. The fourth-order valence-corrected chi connectivity index (χ4v) is 2.78. The molecule has 0 aliphatic carbocycles. The van der Waals surface area contributed by atoms with Crippen molar-refractivity contribution in [2.24, 2.45) is 0 Å². The number of hydrogen-bond acceptors (Lipinski definition) is 3. The van der Waals surface area contributed by atoms with E-state index in [1.54, 1.807) is 12.1 Å². The zero-order chi connectivity index (χ0) is 16.0. The molecule has 21 heavy (non-hydrogen) atoms. The first-order chi connectivity index (χ1) is 9.74. The molecule has 1 atom stereocenters. The summed E-state index contributed by atoms with van der Waals surface area (Å²) in [5.41, 5.74) is 1.64. The van der Waals surface area contributed by atoms with Crippen molar-refractivity contribution in [1.29, 1.82) is 0 Å². The molecule has 0 aliphatic heterocycles. The van der Waals surface area contributed by atoms with Crippen molar-refractivity contribution < 1.29 is 13.2 Å². The van der Waals surface area contributed by atoms with Crippen LogP contribution in [-0.2, 0) is 14.8 Å². The summed E-state index contributed by atoms with van der Waals surface area (Å²) in [6, 6.07) is 7.31. The van der Waals surface area contributed by atoms with Gasteiger partial charge in [-0.1, -0.05) is 24.6 Å². The van der Waals surface area contributed by atoms with Gasteiger partial charge in [-0.3, -0.25) is 9.10 Å². The maximum absolute atomic E-state index is 11.9. The van der Waals surface area contributed by atoms with Gasteiger partial charge < -0.3 is 5.32 Å². The molecular formula is C15H24N2O3S. The minimum absolute atomic E-state index is 0.101. The fourth-order valence-electron chi connectivity index (χ4n) is 1.85. The van der Waals surface area contributed by atoms with Gasteiger partial charge in [-0.05, 0) is 32.4 Å². The van der Waals surface area contributed by atoms with Crippen LogP contribution in [-0.4, -0.2) is 33.2 Å². The lowest BCUT2D eigenvalue weighted by molar-refractivity contribution is -0.121. The zero-order valence-corrected chi connectivity index (χ0v) is 13.9. The number of aryl methyl sites for hydroxylation is 1. The summed E-state index contributed by atoms with van der Waals surface area (Å²) in [4.78, 5) is 11.8. The molecule has 0 aliphatic rings. The number of rotatable bonds is 7. The van der Waals surface area contributed by atoms with Gasteiger partial charge in [0.15, 0.2) is 0 Å². The van der Waals surface area contributed by atoms with Crippen LogP contribution in [0, 0.1) is 6.92 Å². The molecule has 118 valence electrons. The molecule has 1 aromatic rings. The van der Waals surface area contributed by atoms with E-state index in [-0.39, 0.29) is 24.9 Å². The summed E-state index contributed by atoms with van der Waals surface area (Å²) < 4.78 is 25.1. The Labute approximate surface area is 127 Å². The zero-order valence-electron chi connectivity index (χ0n) is 13.1. The van der Waals surface area contributed by atoms with E-state index >= 15 is 0 Å². The molecule has 0 aromatic heterocycles. The van der Waals surface area contributed by atoms with Crippen LogP contribution in [0.5, 0.6) is 0 Å². The van der Waals surface area contributed by atoms with Gasteiger partial charge in [-0.25, -0.2) is 8.42 Å². The van der Waals surface area contributed by atoms with Gasteiger partial charge >= 0.3 is 0 Å². The van der Waals surface area contributed by atoms with Crippen molar-refractivity contribution in [3.63, 3.8) is 0 Å². The average molecular weight is 312 g/mol. The van der Waals surface area contributed by atoms with E-state index in [4.69, 9.17) is 0 Å². The molecule has 0 saturated carbocycles. The summed E-state index contributed by atoms with van der Waals surface area (Å²) in [6.07, 6.45) is 2.14. The van der Waals surface area contributed by atoms with Crippen LogP contribution >= 0.6 is 0 Å². The normalized spacial score (nSPS) is 12.8. The Morgan fingerprint density at radius 2 is 1.86 bits per heavy atom. The molecule has 1 aromatic carbocycles. The highest BCUT2D eigenvalue weighted by atomic mass is 32.2. The summed E-state index contributed by atoms with van der Waals surface area (Å²) in [6.45, 7) is 5.99. The van der Waals surface area contributed by atoms with Crippen molar-refractivity contribution in [1.82, 2.24) is 5.32 Å². The molecule has 0 radical (unpaired) electrons. The van der Waals surface area contributed by atoms with Gasteiger partial charge in [0.05, 0.1) is 11.9 Å². The van der Waals surface area contributed by atoms with Crippen molar-refractivity contribution in [2.45, 2.75) is 39.7 Å². The van der Waals surface area contributed by atoms with Crippen molar-refractivity contribution >= 4 is 21.6 Å². The highest BCUT2D eigenvalue weighted by Crippen LogP contribution is 2.18. The highest BCUT2D eigenvalue weighted by molar-refractivity contribution is 7.92. The Morgan fingerprint density at radius 3 is 2.33 bits per heavy atom. The Balaban J connectivity index is 2.77. The van der Waals surface area contributed by atoms with Crippen molar-refractivity contribution in [3.05, 3.63) is 29.8 Å². The number of sulfonamides is 1. The van der Waals surface area contributed by atoms with Crippen LogP contribution in [0.1, 0.15) is 32.3 Å². The van der Waals surface area contributed by atoms with Gasteiger partial charge in [0, 0.05) is 19.0 Å². The van der Waals surface area contributed by atoms with E-state index in [1.165, 1.54) is 4.31 Å². The first-order valence-electron chi connectivity index (χ1n) is 7.07. The number of amides is 1. The second kappa shape index (κ2) is 7.45. The van der Waals surface area contributed by atoms with Crippen LogP contribution in [0.4, 0.5) is 5.69 Å². The van der Waals surface area contributed by atoms with E-state index in [2.05, 4.69) is 5.32 Å². The largest absolute Gasteiger partial charge is 0.354 e. The first-order valence-corrected chi connectivity index (χ1v) is 8.92. The van der Waals surface area contributed by atoms with Crippen LogP contribution in [0.25, 0.3) is 0 Å². The van der Waals surface area contributed by atoms with Crippen LogP contribution in [0.2, 0.25) is 0 Å². The third-order valence-electron chi connectivity index (χ3n) is 3.28. The molecule has 0 spiro atoms. The molecule has 0 fully saturated rings. The highest BCUT2D eigenvalue weighted by Gasteiger charge is 2.18. The quantitative estimate of drug-likeness (QED) is 0.838. The lowest BCUT2D eigenvalue weighted by Gasteiger charge is -2.22. The van der Waals surface area contributed by atoms with Crippen molar-refractivity contribution in [3.8, 4) is 0 Å². The van der Waals surface area contributed by atoms with Gasteiger partial charge in [0.1, 0.15) is 0 Å². The van der Waals surface area contributed by atoms with E-state index in [9.17, 15) is 13.2 Å². The third kappa shape index (κ3) is 5.75. The Kier molecular flexibility index (Phi) is 6.20. The molecule has 1 rings (SSSR count). The number of hydrogen-bond donors (Lipinski definition) is 1. The van der Waals surface area contributed by atoms with Gasteiger partial charge in [0.2, 0.25) is 15.9 Å². The molecule has 6 heteroatoms. The predicted molar refractivity (Wildman–Crippen MR) is 85.9 cm³/mol. The van der Waals surface area contributed by atoms with Gasteiger partial charge in [-0.15, -0.1) is 0 Å². The van der Waals surface area contributed by atoms with E-state index < -0.39 is 10.0 Å². The lowest BCUT2D eigenvalue weighted by atomic mass is 10.2. The van der Waals surface area contributed by atoms with E-state index in [0.717, 1.165) is 18.2 Å². The number of carbonyl (C=O) groups excluding carboxylic acids is 1. The van der Waals surface area contributed by atoms with Gasteiger partial charge in [-0.2, -0.15) is 0 Å². The molecule has 0 saturated heterocycles. The standard InChI is InChI=1S/C15H24N2O3S/c1-5-13(3)16-15(18)10-11-17(21(4,19)20)14-8-6-12(2)7-9-14/h6-9,13H,5,10-11H2,1-4H3,(H,16,18). The first kappa shape index (κ1) is 17.5. The molecule has 0 heterocycles. The second-order valence-corrected chi connectivity index (χ2v) is 7.20. The Morgan fingerprint density at radius 1 is 1.29 bits per heavy atom. The smallest absolute Gasteiger partial charge is 0.232 e. The number of anilines is 1. The minimum atomic E-state index is -3.41. The molecule has 1 amide bonds. The number of carbonyl (C=O) groups is 1. The SMILES string of the molecule is CCC(C)NC(=O)CCN(c1ccc(C)cc1)S(C)(=O)=O. The van der Waals surface area contributed by atoms with E-state index in [1.807, 2.05) is 32.9 Å². The maximum atomic E-state index is 11.9. The maximum Gasteiger partial charge on any atom is 0.232 e. The number of benzene rings is 1. The summed E-state index contributed by atoms with van der Waals surface area (Å²) in [5, 5.41) is 2.84. The van der Waals surface area contributed by atoms with Crippen LogP contribution in [0.15, 0.2) is 24.3 Å². The number of nitrogens with one attached hydrogen (secondary N) is 1. The Bertz CT molecular complexity index is 567. The minimum Gasteiger partial charge on any atom is -0.354 e. The summed E-state index contributed by atoms with van der Waals surface area (Å²) in [5.74, 6) is -0.134.